The highest BCUT2D eigenvalue weighted by molar-refractivity contribution is 7.22. The molecule has 2 fully saturated rings. The summed E-state index contributed by atoms with van der Waals surface area (Å²) in [6.07, 6.45) is 5.75. The molecule has 1 aromatic carbocycles. The van der Waals surface area contributed by atoms with Crippen LogP contribution in [0.5, 0.6) is 0 Å². The van der Waals surface area contributed by atoms with E-state index in [2.05, 4.69) is 28.1 Å². The first-order chi connectivity index (χ1) is 13.7. The van der Waals surface area contributed by atoms with Crippen molar-refractivity contribution in [1.82, 2.24) is 14.9 Å². The summed E-state index contributed by atoms with van der Waals surface area (Å²) in [7, 11) is 0. The second-order valence-corrected chi connectivity index (χ2v) is 9.07. The number of rotatable bonds is 3. The van der Waals surface area contributed by atoms with Crippen molar-refractivity contribution in [3.8, 4) is 0 Å². The standard InChI is InChI=1S/C22H24N4OS/c27-20-9-11-22(16-26(20)14-17-6-3-4-12-23-17)10-5-13-25(15-22)21-24-18-7-1-2-8-19(18)28-21/h1-4,6-8,12H,5,9-11,13-16H2/t22-/m0/s1. The van der Waals surface area contributed by atoms with Gasteiger partial charge in [0.25, 0.3) is 0 Å². The Kier molecular flexibility index (Phi) is 4.51. The van der Waals surface area contributed by atoms with Gasteiger partial charge >= 0.3 is 0 Å². The number of hydrogen-bond donors (Lipinski definition) is 0. The number of aromatic nitrogens is 2. The molecule has 2 aliphatic heterocycles. The Hall–Kier alpha value is -2.47. The molecule has 0 bridgehead atoms. The maximum Gasteiger partial charge on any atom is 0.222 e. The third kappa shape index (κ3) is 3.37. The smallest absolute Gasteiger partial charge is 0.222 e. The minimum Gasteiger partial charge on any atom is -0.347 e. The quantitative estimate of drug-likeness (QED) is 0.673. The van der Waals surface area contributed by atoms with Gasteiger partial charge in [-0.3, -0.25) is 9.78 Å². The number of hydrogen-bond acceptors (Lipinski definition) is 5. The van der Waals surface area contributed by atoms with Crippen LogP contribution in [-0.4, -0.2) is 40.4 Å². The van der Waals surface area contributed by atoms with Gasteiger partial charge in [-0.1, -0.05) is 29.5 Å². The number of pyridine rings is 1. The van der Waals surface area contributed by atoms with Crippen LogP contribution < -0.4 is 4.90 Å². The molecule has 2 saturated heterocycles. The highest BCUT2D eigenvalue weighted by atomic mass is 32.1. The molecule has 1 spiro atoms. The van der Waals surface area contributed by atoms with E-state index in [9.17, 15) is 4.79 Å². The SMILES string of the molecule is O=C1CC[C@]2(CCCN(c3nc4ccccc4s3)C2)CN1Cc1ccccn1. The summed E-state index contributed by atoms with van der Waals surface area (Å²) in [6.45, 7) is 3.47. The van der Waals surface area contributed by atoms with Crippen LogP contribution in [0.15, 0.2) is 48.7 Å². The predicted octanol–water partition coefficient (Wildman–Crippen LogP) is 4.10. The van der Waals surface area contributed by atoms with Crippen molar-refractivity contribution in [2.75, 3.05) is 24.5 Å². The first kappa shape index (κ1) is 17.6. The number of benzene rings is 1. The second kappa shape index (κ2) is 7.17. The van der Waals surface area contributed by atoms with Gasteiger partial charge < -0.3 is 9.80 Å². The molecule has 1 atom stereocenters. The number of amides is 1. The van der Waals surface area contributed by atoms with Crippen molar-refractivity contribution in [2.24, 2.45) is 5.41 Å². The lowest BCUT2D eigenvalue weighted by Crippen LogP contribution is -2.53. The summed E-state index contributed by atoms with van der Waals surface area (Å²) in [6, 6.07) is 14.3. The average molecular weight is 393 g/mol. The number of anilines is 1. The predicted molar refractivity (Wildman–Crippen MR) is 112 cm³/mol. The zero-order valence-electron chi connectivity index (χ0n) is 15.9. The number of carbonyl (C=O) groups is 1. The van der Waals surface area contributed by atoms with E-state index < -0.39 is 0 Å². The lowest BCUT2D eigenvalue weighted by molar-refractivity contribution is -0.138. The van der Waals surface area contributed by atoms with Crippen LogP contribution in [0.2, 0.25) is 0 Å². The van der Waals surface area contributed by atoms with Gasteiger partial charge in [0.05, 0.1) is 22.5 Å². The Bertz CT molecular complexity index is 955. The fourth-order valence-electron chi connectivity index (χ4n) is 4.63. The fourth-order valence-corrected chi connectivity index (χ4v) is 5.62. The Morgan fingerprint density at radius 2 is 1.96 bits per heavy atom. The molecule has 2 aliphatic rings. The molecule has 0 aliphatic carbocycles. The van der Waals surface area contributed by atoms with Crippen molar-refractivity contribution in [3.63, 3.8) is 0 Å². The molecular formula is C22H24N4OS. The molecule has 5 rings (SSSR count). The molecule has 144 valence electrons. The van der Waals surface area contributed by atoms with Gasteiger partial charge in [-0.2, -0.15) is 0 Å². The maximum absolute atomic E-state index is 12.6. The highest BCUT2D eigenvalue weighted by Crippen LogP contribution is 2.41. The van der Waals surface area contributed by atoms with E-state index in [4.69, 9.17) is 4.98 Å². The number of thiazole rings is 1. The maximum atomic E-state index is 12.6. The Labute approximate surface area is 169 Å². The molecule has 2 aromatic heterocycles. The van der Waals surface area contributed by atoms with E-state index in [0.717, 1.165) is 48.8 Å². The molecule has 0 unspecified atom stereocenters. The van der Waals surface area contributed by atoms with E-state index in [0.29, 0.717) is 13.0 Å². The van der Waals surface area contributed by atoms with Crippen LogP contribution in [0, 0.1) is 5.41 Å². The normalized spacial score (nSPS) is 22.9. The van der Waals surface area contributed by atoms with Crippen LogP contribution in [0.4, 0.5) is 5.13 Å². The van der Waals surface area contributed by atoms with E-state index in [1.807, 2.05) is 29.2 Å². The van der Waals surface area contributed by atoms with Crippen LogP contribution in [0.25, 0.3) is 10.2 Å². The van der Waals surface area contributed by atoms with Crippen molar-refractivity contribution in [3.05, 3.63) is 54.4 Å². The average Bonchev–Trinajstić information content (AvgIpc) is 3.16. The second-order valence-electron chi connectivity index (χ2n) is 8.06. The first-order valence-electron chi connectivity index (χ1n) is 9.99. The van der Waals surface area contributed by atoms with E-state index in [1.54, 1.807) is 17.5 Å². The number of nitrogens with zero attached hydrogens (tertiary/aromatic N) is 4. The molecule has 4 heterocycles. The largest absolute Gasteiger partial charge is 0.347 e. The molecule has 0 saturated carbocycles. The van der Waals surface area contributed by atoms with Crippen molar-refractivity contribution in [2.45, 2.75) is 32.2 Å². The zero-order chi connectivity index (χ0) is 19.0. The van der Waals surface area contributed by atoms with Crippen LogP contribution >= 0.6 is 11.3 Å². The molecule has 1 amide bonds. The Morgan fingerprint density at radius 3 is 2.82 bits per heavy atom. The van der Waals surface area contributed by atoms with Crippen molar-refractivity contribution < 1.29 is 4.79 Å². The van der Waals surface area contributed by atoms with Gasteiger partial charge in [-0.15, -0.1) is 0 Å². The van der Waals surface area contributed by atoms with Gasteiger partial charge in [0.15, 0.2) is 5.13 Å². The monoisotopic (exact) mass is 392 g/mol. The summed E-state index contributed by atoms with van der Waals surface area (Å²) < 4.78 is 1.24. The summed E-state index contributed by atoms with van der Waals surface area (Å²) in [5, 5.41) is 1.12. The summed E-state index contributed by atoms with van der Waals surface area (Å²) in [5.74, 6) is 0.258. The van der Waals surface area contributed by atoms with Gasteiger partial charge in [0, 0.05) is 37.7 Å². The topological polar surface area (TPSA) is 49.3 Å². The minimum atomic E-state index is 0.165. The lowest BCUT2D eigenvalue weighted by atomic mass is 9.73. The number of piperidine rings is 2. The summed E-state index contributed by atoms with van der Waals surface area (Å²) >= 11 is 1.78. The molecule has 6 heteroatoms. The molecule has 3 aromatic rings. The molecule has 0 N–H and O–H groups in total. The van der Waals surface area contributed by atoms with Gasteiger partial charge in [0.1, 0.15) is 0 Å². The Balaban J connectivity index is 1.36. The van der Waals surface area contributed by atoms with Gasteiger partial charge in [-0.25, -0.2) is 4.98 Å². The molecular weight excluding hydrogens is 368 g/mol. The molecule has 0 radical (unpaired) electrons. The zero-order valence-corrected chi connectivity index (χ0v) is 16.7. The number of likely N-dealkylation sites (tertiary alicyclic amines) is 1. The van der Waals surface area contributed by atoms with Crippen LogP contribution in [0.3, 0.4) is 0 Å². The van der Waals surface area contributed by atoms with E-state index >= 15 is 0 Å². The van der Waals surface area contributed by atoms with Crippen LogP contribution in [0.1, 0.15) is 31.4 Å². The number of para-hydroxylation sites is 1. The van der Waals surface area contributed by atoms with Crippen molar-refractivity contribution >= 4 is 32.6 Å². The first-order valence-corrected chi connectivity index (χ1v) is 10.8. The molecule has 5 nitrogen and oxygen atoms in total. The minimum absolute atomic E-state index is 0.165. The third-order valence-electron chi connectivity index (χ3n) is 6.04. The highest BCUT2D eigenvalue weighted by Gasteiger charge is 2.42. The van der Waals surface area contributed by atoms with Gasteiger partial charge in [-0.05, 0) is 43.5 Å². The van der Waals surface area contributed by atoms with Crippen LogP contribution in [-0.2, 0) is 11.3 Å². The van der Waals surface area contributed by atoms with Gasteiger partial charge in [0.2, 0.25) is 5.91 Å². The third-order valence-corrected chi connectivity index (χ3v) is 7.14. The lowest BCUT2D eigenvalue weighted by Gasteiger charge is -2.48. The fraction of sp³-hybridized carbons (Fsp3) is 0.409. The Morgan fingerprint density at radius 1 is 1.07 bits per heavy atom. The molecule has 28 heavy (non-hydrogen) atoms. The van der Waals surface area contributed by atoms with E-state index in [1.165, 1.54) is 11.1 Å². The summed E-state index contributed by atoms with van der Waals surface area (Å²) in [5.41, 5.74) is 2.21. The summed E-state index contributed by atoms with van der Waals surface area (Å²) in [4.78, 5) is 26.3. The number of fused-ring (bicyclic) bond motifs is 1. The van der Waals surface area contributed by atoms with E-state index in [-0.39, 0.29) is 11.3 Å². The number of carbonyl (C=O) groups excluding carboxylic acids is 1. The van der Waals surface area contributed by atoms with Crippen molar-refractivity contribution in [1.29, 1.82) is 0 Å².